The van der Waals surface area contributed by atoms with Crippen LogP contribution >= 0.6 is 0 Å². The Morgan fingerprint density at radius 3 is 2.00 bits per heavy atom. The fourth-order valence-electron chi connectivity index (χ4n) is 8.12. The number of nitrogens with zero attached hydrogens (tertiary/aromatic N) is 4. The molecule has 0 radical (unpaired) electrons. The molecule has 0 N–H and O–H groups in total. The topological polar surface area (TPSA) is 33.5 Å². The lowest BCUT2D eigenvalue weighted by molar-refractivity contribution is 0.345. The Balaban J connectivity index is 1.06. The van der Waals surface area contributed by atoms with Crippen LogP contribution in [0.15, 0.2) is 170 Å². The molecule has 2 aromatic heterocycles. The quantitative estimate of drug-likeness (QED) is 0.166. The Morgan fingerprint density at radius 1 is 0.528 bits per heavy atom. The van der Waals surface area contributed by atoms with Gasteiger partial charge in [-0.05, 0) is 90.6 Å². The van der Waals surface area contributed by atoms with Crippen LogP contribution in [0.4, 0.5) is 22.7 Å². The van der Waals surface area contributed by atoms with Gasteiger partial charge in [0.2, 0.25) is 0 Å². The van der Waals surface area contributed by atoms with E-state index in [0.717, 1.165) is 44.6 Å². The normalized spacial score (nSPS) is 18.2. The van der Waals surface area contributed by atoms with Gasteiger partial charge < -0.3 is 14.5 Å². The smallest absolute Gasteiger partial charge is 0.137 e. The first-order chi connectivity index (χ1) is 27.7. The number of benzene rings is 6. The highest BCUT2D eigenvalue weighted by Gasteiger charge is 2.36. The van der Waals surface area contributed by atoms with Crippen LogP contribution in [0.3, 0.4) is 0 Å². The van der Waals surface area contributed by atoms with Crippen LogP contribution in [0.25, 0.3) is 27.6 Å². The number of fused-ring (bicyclic) bond motifs is 4. The zero-order valence-corrected chi connectivity index (χ0v) is 29.2. The van der Waals surface area contributed by atoms with Crippen molar-refractivity contribution in [2.45, 2.75) is 37.4 Å². The van der Waals surface area contributed by atoms with Crippen molar-refractivity contribution in [2.75, 3.05) is 16.5 Å². The van der Waals surface area contributed by atoms with Gasteiger partial charge in [-0.2, -0.15) is 0 Å². The Labute approximate surface area is 316 Å². The predicted molar refractivity (Wildman–Crippen MR) is 217 cm³/mol. The molecule has 1 aliphatic heterocycles. The zero-order valence-electron chi connectivity index (χ0n) is 33.2. The fourth-order valence-corrected chi connectivity index (χ4v) is 8.12. The van der Waals surface area contributed by atoms with E-state index in [9.17, 15) is 5.48 Å². The molecular formula is C48H40N4O. The van der Waals surface area contributed by atoms with E-state index in [1.165, 1.54) is 0 Å². The summed E-state index contributed by atoms with van der Waals surface area (Å²) >= 11 is 0. The van der Waals surface area contributed by atoms with E-state index >= 15 is 0 Å². The molecule has 258 valence electrons. The number of rotatable bonds is 7. The average Bonchev–Trinajstić information content (AvgIpc) is 3.78. The molecule has 6 aromatic carbocycles. The lowest BCUT2D eigenvalue weighted by atomic mass is 9.65. The maximum atomic E-state index is 9.44. The average molecular weight is 693 g/mol. The van der Waals surface area contributed by atoms with Crippen molar-refractivity contribution in [3.8, 4) is 17.3 Å². The molecule has 0 bridgehead atoms. The number of ether oxygens (including phenoxy) is 1. The maximum Gasteiger partial charge on any atom is 0.137 e. The lowest BCUT2D eigenvalue weighted by Crippen LogP contribution is -2.30. The molecule has 2 aliphatic rings. The Kier molecular flexibility index (Phi) is 6.71. The monoisotopic (exact) mass is 692 g/mol. The summed E-state index contributed by atoms with van der Waals surface area (Å²) in [5, 5.41) is 2.07. The van der Waals surface area contributed by atoms with Crippen molar-refractivity contribution in [1.82, 2.24) is 9.55 Å². The summed E-state index contributed by atoms with van der Waals surface area (Å²) in [4.78, 5) is 9.50. The van der Waals surface area contributed by atoms with Crippen molar-refractivity contribution in [2.24, 2.45) is 0 Å². The molecule has 5 nitrogen and oxygen atoms in total. The summed E-state index contributed by atoms with van der Waals surface area (Å²) in [5.41, 5.74) is 5.89. The Morgan fingerprint density at radius 2 is 1.19 bits per heavy atom. The molecular weight excluding hydrogens is 649 g/mol. The Hall–Kier alpha value is -6.33. The Bertz CT molecular complexity index is 2750. The van der Waals surface area contributed by atoms with Gasteiger partial charge in [0, 0.05) is 51.4 Å². The molecule has 0 amide bonds. The SMILES string of the molecule is [2H]C1([2H])CCCC([2H])([2H])C1(c1ccccc1)c1ccnc(-n2c3ccccc3c3ccc(Oc4cccc(N5CN(c6ccccc6)c6ccccc65)c4)cc32)c1. The van der Waals surface area contributed by atoms with Crippen molar-refractivity contribution >= 4 is 44.6 Å². The van der Waals surface area contributed by atoms with Gasteiger partial charge in [0.05, 0.1) is 22.4 Å². The lowest BCUT2D eigenvalue weighted by Gasteiger charge is -2.38. The fraction of sp³-hybridized carbons (Fsp3) is 0.146. The second-order valence-electron chi connectivity index (χ2n) is 13.7. The summed E-state index contributed by atoms with van der Waals surface area (Å²) < 4.78 is 46.5. The van der Waals surface area contributed by atoms with Crippen molar-refractivity contribution in [1.29, 1.82) is 0 Å². The summed E-state index contributed by atoms with van der Waals surface area (Å²) in [6.45, 7) is 0.666. The molecule has 0 unspecified atom stereocenters. The number of anilines is 4. The molecule has 53 heavy (non-hydrogen) atoms. The molecule has 0 atom stereocenters. The van der Waals surface area contributed by atoms with Crippen LogP contribution in [-0.4, -0.2) is 16.2 Å². The van der Waals surface area contributed by atoms with E-state index in [0.29, 0.717) is 41.5 Å². The molecule has 5 heteroatoms. The van der Waals surface area contributed by atoms with Gasteiger partial charge in [-0.1, -0.05) is 104 Å². The number of aromatic nitrogens is 2. The van der Waals surface area contributed by atoms with E-state index < -0.39 is 18.2 Å². The molecule has 1 saturated carbocycles. The van der Waals surface area contributed by atoms with Crippen LogP contribution in [-0.2, 0) is 5.41 Å². The second kappa shape index (κ2) is 13.0. The highest BCUT2D eigenvalue weighted by Crippen LogP contribution is 2.47. The molecule has 0 spiro atoms. The zero-order chi connectivity index (χ0) is 38.8. The van der Waals surface area contributed by atoms with Gasteiger partial charge in [-0.3, -0.25) is 4.57 Å². The van der Waals surface area contributed by atoms with Gasteiger partial charge >= 0.3 is 0 Å². The highest BCUT2D eigenvalue weighted by molar-refractivity contribution is 6.09. The molecule has 8 aromatic rings. The largest absolute Gasteiger partial charge is 0.457 e. The van der Waals surface area contributed by atoms with E-state index in [1.807, 2.05) is 78.9 Å². The first-order valence-corrected chi connectivity index (χ1v) is 18.3. The highest BCUT2D eigenvalue weighted by atomic mass is 16.5. The summed E-state index contributed by atoms with van der Waals surface area (Å²) in [6, 6.07) is 54.4. The van der Waals surface area contributed by atoms with Crippen LogP contribution in [0, 0.1) is 0 Å². The van der Waals surface area contributed by atoms with E-state index in [1.54, 1.807) is 12.3 Å². The number of pyridine rings is 1. The van der Waals surface area contributed by atoms with Crippen LogP contribution in [0.5, 0.6) is 11.5 Å². The summed E-state index contributed by atoms with van der Waals surface area (Å²) in [5.74, 6) is 1.95. The second-order valence-corrected chi connectivity index (χ2v) is 13.7. The van der Waals surface area contributed by atoms with Gasteiger partial charge in [0.25, 0.3) is 0 Å². The third-order valence-electron chi connectivity index (χ3n) is 10.6. The van der Waals surface area contributed by atoms with E-state index in [2.05, 4.69) is 93.2 Å². The minimum Gasteiger partial charge on any atom is -0.457 e. The van der Waals surface area contributed by atoms with Gasteiger partial charge in [0.15, 0.2) is 0 Å². The molecule has 3 heterocycles. The van der Waals surface area contributed by atoms with Crippen LogP contribution < -0.4 is 14.5 Å². The maximum absolute atomic E-state index is 9.44. The van der Waals surface area contributed by atoms with E-state index in [4.69, 9.17) is 9.72 Å². The molecule has 0 saturated heterocycles. The number of hydrogen-bond acceptors (Lipinski definition) is 4. The molecule has 10 rings (SSSR count). The van der Waals surface area contributed by atoms with Crippen molar-refractivity contribution in [3.05, 3.63) is 181 Å². The van der Waals surface area contributed by atoms with Crippen LogP contribution in [0.2, 0.25) is 0 Å². The molecule has 1 aliphatic carbocycles. The van der Waals surface area contributed by atoms with Crippen LogP contribution in [0.1, 0.15) is 48.6 Å². The third kappa shape index (κ3) is 5.43. The first-order valence-electron chi connectivity index (χ1n) is 20.3. The first kappa shape index (κ1) is 27.3. The van der Waals surface area contributed by atoms with Gasteiger partial charge in [-0.15, -0.1) is 0 Å². The van der Waals surface area contributed by atoms with Crippen molar-refractivity contribution in [3.63, 3.8) is 0 Å². The summed E-state index contributed by atoms with van der Waals surface area (Å²) in [6.07, 6.45) is -1.04. The van der Waals surface area contributed by atoms with Gasteiger partial charge in [-0.25, -0.2) is 4.98 Å². The third-order valence-corrected chi connectivity index (χ3v) is 10.6. The minimum absolute atomic E-state index is 0.256. The standard InChI is InChI=1S/C48H40N4O/c1-4-15-35(16-5-1)48(28-12-3-13-29-48)36-27-30-49-47(31-36)52-43-22-9-8-21-41(43)42-26-25-40(33-46(42)52)53-39-20-14-19-38(32-39)51-34-50(37-17-6-2-7-18-37)44-23-10-11-24-45(44)51/h1-2,4-11,14-27,30-33H,3,12-13,28-29,34H2/i28D2,29D2. The minimum atomic E-state index is -1.86. The molecule has 1 fully saturated rings. The summed E-state index contributed by atoms with van der Waals surface area (Å²) in [7, 11) is 0. The van der Waals surface area contributed by atoms with Crippen molar-refractivity contribution < 1.29 is 10.2 Å². The van der Waals surface area contributed by atoms with E-state index in [-0.39, 0.29) is 12.8 Å². The van der Waals surface area contributed by atoms with Gasteiger partial charge in [0.1, 0.15) is 24.0 Å². The number of hydrogen-bond donors (Lipinski definition) is 0. The predicted octanol–water partition coefficient (Wildman–Crippen LogP) is 12.5. The number of para-hydroxylation sites is 4.